The maximum atomic E-state index is 14.5. The number of halogens is 24. The molecule has 0 aromatic heterocycles. The molecule has 1 atom stereocenters. The fourth-order valence-electron chi connectivity index (χ4n) is 5.47. The molecule has 1 unspecified atom stereocenters. The van der Waals surface area contributed by atoms with Gasteiger partial charge in [-0.25, -0.2) is 0 Å². The van der Waals surface area contributed by atoms with E-state index in [2.05, 4.69) is 0 Å². The van der Waals surface area contributed by atoms with Crippen molar-refractivity contribution in [2.75, 3.05) is 28.3 Å². The van der Waals surface area contributed by atoms with Crippen LogP contribution < -0.4 is 14.0 Å². The summed E-state index contributed by atoms with van der Waals surface area (Å²) in [4.78, 5) is 0. The van der Waals surface area contributed by atoms with Crippen LogP contribution in [-0.4, -0.2) is 40.1 Å². The predicted octanol–water partition coefficient (Wildman–Crippen LogP) is 14.4. The van der Waals surface area contributed by atoms with Gasteiger partial charge in [-0.1, -0.05) is 11.1 Å². The zero-order valence-electron chi connectivity index (χ0n) is 34.1. The van der Waals surface area contributed by atoms with Crippen LogP contribution in [0.25, 0.3) is 0 Å². The summed E-state index contributed by atoms with van der Waals surface area (Å²) in [6.45, 7) is 0.874. The molecule has 5 nitrogen and oxygen atoms in total. The van der Waals surface area contributed by atoms with E-state index in [0.29, 0.717) is 12.1 Å². The van der Waals surface area contributed by atoms with E-state index >= 15 is 0 Å². The molecule has 68 heavy (non-hydrogen) atoms. The minimum atomic E-state index is -5.73. The first-order chi connectivity index (χ1) is 30.2. The Balaban J connectivity index is 0.000000745. The molecule has 378 valence electrons. The molecule has 0 aliphatic carbocycles. The molecule has 4 aromatic carbocycles. The summed E-state index contributed by atoms with van der Waals surface area (Å²) in [7, 11) is 0.892. The minimum absolute atomic E-state index is 0.0521. The van der Waals surface area contributed by atoms with Gasteiger partial charge in [-0.05, 0) is 48.5 Å². The molecule has 0 aliphatic heterocycles. The Morgan fingerprint density at radius 3 is 0.956 bits per heavy atom. The number of benzene rings is 4. The molecule has 0 radical (unpaired) electrons. The third kappa shape index (κ3) is 14.3. The number of alkyl halides is 24. The highest BCUT2D eigenvalue weighted by molar-refractivity contribution is 6.39. The van der Waals surface area contributed by atoms with Crippen molar-refractivity contribution < 1.29 is 129 Å². The Bertz CT molecular complexity index is 2220. The van der Waals surface area contributed by atoms with E-state index < -0.39 is 152 Å². The number of ether oxygens (including phenoxy) is 1. The molecular formula is C38H26BF24NO4. The van der Waals surface area contributed by atoms with Crippen LogP contribution in [0.15, 0.2) is 66.7 Å². The first-order valence-corrected chi connectivity index (χ1v) is 17.6. The highest BCUT2D eigenvalue weighted by atomic mass is 19.4. The summed E-state index contributed by atoms with van der Waals surface area (Å²) in [6.07, 6.45) is -43.3. The van der Waals surface area contributed by atoms with Crippen molar-refractivity contribution in [2.24, 2.45) is 0 Å². The van der Waals surface area contributed by atoms with Crippen LogP contribution in [0.5, 0.6) is 17.2 Å². The Kier molecular flexibility index (Phi) is 15.8. The third-order valence-electron chi connectivity index (χ3n) is 9.13. The first kappa shape index (κ1) is 56.9. The second kappa shape index (κ2) is 18.8. The van der Waals surface area contributed by atoms with E-state index in [0.717, 1.165) is 35.2 Å². The molecule has 0 fully saturated rings. The maximum Gasteiger partial charge on any atom is 0.864 e. The Morgan fingerprint density at radius 2 is 0.691 bits per heavy atom. The number of hydrogen-bond donors (Lipinski definition) is 0. The molecule has 0 aliphatic rings. The Hall–Kier alpha value is -5.42. The normalized spacial score (nSPS) is 14.4. The maximum absolute atomic E-state index is 14.5. The molecule has 0 saturated heterocycles. The van der Waals surface area contributed by atoms with Gasteiger partial charge in [-0.3, -0.25) is 4.48 Å². The van der Waals surface area contributed by atoms with Crippen LogP contribution in [0.3, 0.4) is 0 Å². The Morgan fingerprint density at radius 1 is 0.397 bits per heavy atom. The molecule has 4 aromatic rings. The fraction of sp³-hybridized carbons (Fsp3) is 0.368. The number of methoxy groups -OCH3 is 1. The van der Waals surface area contributed by atoms with Crippen LogP contribution in [0, 0.1) is 6.07 Å². The van der Waals surface area contributed by atoms with Gasteiger partial charge in [0.05, 0.1) is 60.1 Å². The standard InChI is InChI=1S/C30H23BF18NO4.C8H3F6/c1-24(51-5,50(2,3)4)23-21(30(47,48)49)12-18(29(44,45)46)13-22(23)54-31(52-19-8-14(25(32,33)34)6-15(9-19)26(35,36)37)53-20-10-16(27(38,39)40)7-17(11-20)28(41,42)43;9-7(10,11)5-2-1-3-6(4-5)8(12,13)14/h6-13H,1-5H3;2-4H/q+1;-1. The molecule has 0 bridgehead atoms. The lowest BCUT2D eigenvalue weighted by atomic mass is 9.91. The molecule has 0 saturated carbocycles. The third-order valence-corrected chi connectivity index (χ3v) is 9.13. The zero-order valence-corrected chi connectivity index (χ0v) is 34.1. The van der Waals surface area contributed by atoms with Crippen LogP contribution in [0.2, 0.25) is 0 Å². The van der Waals surface area contributed by atoms with Crippen molar-refractivity contribution in [1.82, 2.24) is 0 Å². The molecule has 0 spiro atoms. The van der Waals surface area contributed by atoms with Gasteiger partial charge in [0.1, 0.15) is 17.2 Å². The van der Waals surface area contributed by atoms with E-state index in [9.17, 15) is 105 Å². The van der Waals surface area contributed by atoms with Gasteiger partial charge in [0.15, 0.2) is 0 Å². The van der Waals surface area contributed by atoms with Gasteiger partial charge >= 0.3 is 56.7 Å². The van der Waals surface area contributed by atoms with Gasteiger partial charge in [0.25, 0.3) is 0 Å². The van der Waals surface area contributed by atoms with Crippen molar-refractivity contribution in [3.8, 4) is 17.2 Å². The van der Waals surface area contributed by atoms with Crippen molar-refractivity contribution in [1.29, 1.82) is 0 Å². The summed E-state index contributed by atoms with van der Waals surface area (Å²) in [5, 5.41) is 0. The SMILES string of the molecule is COC(C)(c1c(OB(Oc2cc(C(F)(F)F)cc(C(F)(F)F)c2)Oc2cc(C(F)(F)F)cc(C(F)(F)F)c2)cc(C(F)(F)F)cc1C(F)(F)F)[N+](C)(C)C.FC(F)(F)c1c[c-]cc(C(F)(F)F)c1. The fourth-order valence-corrected chi connectivity index (χ4v) is 5.47. The van der Waals surface area contributed by atoms with Crippen molar-refractivity contribution in [3.63, 3.8) is 0 Å². The average molecular weight is 1030 g/mol. The Labute approximate surface area is 366 Å². The monoisotopic (exact) mass is 1030 g/mol. The number of quaternary nitrogens is 1. The van der Waals surface area contributed by atoms with Gasteiger partial charge < -0.3 is 18.7 Å². The van der Waals surface area contributed by atoms with Gasteiger partial charge in [0, 0.05) is 14.0 Å². The van der Waals surface area contributed by atoms with E-state index in [-0.39, 0.29) is 36.4 Å². The van der Waals surface area contributed by atoms with Crippen molar-refractivity contribution in [3.05, 3.63) is 123 Å². The van der Waals surface area contributed by atoms with Crippen LogP contribution >= 0.6 is 0 Å². The largest absolute Gasteiger partial charge is 0.864 e. The topological polar surface area (TPSA) is 36.9 Å². The van der Waals surface area contributed by atoms with Crippen molar-refractivity contribution in [2.45, 2.75) is 62.1 Å². The second-order valence-electron chi connectivity index (χ2n) is 14.7. The van der Waals surface area contributed by atoms with Crippen LogP contribution in [-0.2, 0) is 59.9 Å². The summed E-state index contributed by atoms with van der Waals surface area (Å²) in [6, 6.07) is 0.495. The highest BCUT2D eigenvalue weighted by Crippen LogP contribution is 2.49. The van der Waals surface area contributed by atoms with Crippen molar-refractivity contribution >= 4 is 7.32 Å². The van der Waals surface area contributed by atoms with E-state index in [4.69, 9.17) is 18.7 Å². The minimum Gasteiger partial charge on any atom is -0.490 e. The molecule has 0 heterocycles. The molecule has 30 heteroatoms. The summed E-state index contributed by atoms with van der Waals surface area (Å²) in [5.74, 6) is -4.91. The molecule has 0 N–H and O–H groups in total. The molecular weight excluding hydrogens is 1000 g/mol. The highest BCUT2D eigenvalue weighted by Gasteiger charge is 2.52. The lowest BCUT2D eigenvalue weighted by Crippen LogP contribution is -2.55. The second-order valence-corrected chi connectivity index (χ2v) is 14.7. The van der Waals surface area contributed by atoms with E-state index in [1.54, 1.807) is 6.07 Å². The summed E-state index contributed by atoms with van der Waals surface area (Å²) >= 11 is 0. The summed E-state index contributed by atoms with van der Waals surface area (Å²) in [5.41, 5.74) is -19.3. The summed E-state index contributed by atoms with van der Waals surface area (Å²) < 4.78 is 340. The molecule has 4 rings (SSSR count). The lowest BCUT2D eigenvalue weighted by Gasteiger charge is -2.44. The predicted molar refractivity (Wildman–Crippen MR) is 185 cm³/mol. The zero-order chi connectivity index (χ0) is 52.8. The van der Waals surface area contributed by atoms with Gasteiger partial charge in [0.2, 0.25) is 5.72 Å². The lowest BCUT2D eigenvalue weighted by molar-refractivity contribution is -0.957. The smallest absolute Gasteiger partial charge is 0.490 e. The van der Waals surface area contributed by atoms with Crippen LogP contribution in [0.4, 0.5) is 105 Å². The quantitative estimate of drug-likeness (QED) is 0.0550. The van der Waals surface area contributed by atoms with E-state index in [1.165, 1.54) is 0 Å². The number of rotatable bonds is 9. The number of nitrogens with zero attached hydrogens (tertiary/aromatic N) is 1. The van der Waals surface area contributed by atoms with Gasteiger partial charge in [-0.15, -0.1) is 6.07 Å². The van der Waals surface area contributed by atoms with E-state index in [1.807, 2.05) is 0 Å². The molecule has 0 amide bonds. The van der Waals surface area contributed by atoms with Gasteiger partial charge in [-0.2, -0.15) is 124 Å². The van der Waals surface area contributed by atoms with Crippen LogP contribution in [0.1, 0.15) is 57.0 Å². The first-order valence-electron chi connectivity index (χ1n) is 17.6. The number of hydrogen-bond acceptors (Lipinski definition) is 4. The average Bonchev–Trinajstić information content (AvgIpc) is 3.14.